The van der Waals surface area contributed by atoms with Gasteiger partial charge in [0.2, 0.25) is 0 Å². The molecule has 0 atom stereocenters. The Bertz CT molecular complexity index is 4920. The smallest absolute Gasteiger partial charge is 0.0159 e. The summed E-state index contributed by atoms with van der Waals surface area (Å²) in [5.74, 6) is 0. The molecule has 4 aliphatic rings. The van der Waals surface area contributed by atoms with Crippen molar-refractivity contribution in [1.82, 2.24) is 0 Å². The van der Waals surface area contributed by atoms with E-state index in [4.69, 9.17) is 0 Å². The van der Waals surface area contributed by atoms with Crippen LogP contribution in [0, 0.1) is 6.92 Å². The highest BCUT2D eigenvalue weighted by Gasteiger charge is 2.41. The largest absolute Gasteiger partial charge is 0.0619 e. The molecular weight excluding hydrogens is 1020 g/mol. The van der Waals surface area contributed by atoms with Gasteiger partial charge >= 0.3 is 0 Å². The SMILES string of the molecule is Cc1cc2cc(-c3ccc4cc(C(C)(C)C)ccc4c3)ccc2cc1-c1ccc2c(c1)C(C)(C)c1cc(-c3ccc4c(c3)C(C)(C)c3cc(-c5ccc6c(c5)C(C)(C)c5cc(-c7ccc8c(c7)C(C)(C)c7ccccc7-8)ccc5-6)ccc3-4)ccc1-2. The van der Waals surface area contributed by atoms with Crippen LogP contribution in [0.4, 0.5) is 0 Å². The van der Waals surface area contributed by atoms with Crippen molar-refractivity contribution in [2.24, 2.45) is 0 Å². The normalized spacial score (nSPS) is 15.7. The summed E-state index contributed by atoms with van der Waals surface area (Å²) in [7, 11) is 0. The number of aryl methyl sites for hydroxylation is 1. The molecule has 0 saturated heterocycles. The molecule has 412 valence electrons. The van der Waals surface area contributed by atoms with Crippen molar-refractivity contribution in [3.63, 3.8) is 0 Å². The average Bonchev–Trinajstić information content (AvgIpc) is 1.68. The fourth-order valence-electron chi connectivity index (χ4n) is 16.0. The summed E-state index contributed by atoms with van der Waals surface area (Å²) in [6.45, 7) is 28.4. The van der Waals surface area contributed by atoms with Gasteiger partial charge in [0.25, 0.3) is 0 Å². The van der Waals surface area contributed by atoms with Crippen molar-refractivity contribution >= 4 is 21.5 Å². The molecule has 0 nitrogen and oxygen atoms in total. The molecule has 0 spiro atoms. The number of benzene rings is 12. The van der Waals surface area contributed by atoms with Crippen molar-refractivity contribution in [3.8, 4) is 100 Å². The van der Waals surface area contributed by atoms with Gasteiger partial charge in [-0.15, -0.1) is 0 Å². The summed E-state index contributed by atoms with van der Waals surface area (Å²) in [4.78, 5) is 0. The fourth-order valence-corrected chi connectivity index (χ4v) is 16.0. The van der Waals surface area contributed by atoms with Crippen LogP contribution in [0.5, 0.6) is 0 Å². The number of hydrogen-bond acceptors (Lipinski definition) is 0. The molecular formula is C85H72. The van der Waals surface area contributed by atoms with Crippen molar-refractivity contribution < 1.29 is 0 Å². The van der Waals surface area contributed by atoms with Crippen LogP contribution < -0.4 is 0 Å². The van der Waals surface area contributed by atoms with Crippen LogP contribution in [0.2, 0.25) is 0 Å². The third-order valence-electron chi connectivity index (χ3n) is 21.1. The zero-order chi connectivity index (χ0) is 58.4. The maximum Gasteiger partial charge on any atom is 0.0159 e. The molecule has 12 aromatic rings. The van der Waals surface area contributed by atoms with E-state index < -0.39 is 0 Å². The van der Waals surface area contributed by atoms with E-state index in [0.29, 0.717) is 0 Å². The van der Waals surface area contributed by atoms with Gasteiger partial charge in [-0.2, -0.15) is 0 Å². The Labute approximate surface area is 502 Å². The van der Waals surface area contributed by atoms with Gasteiger partial charge in [-0.05, 0) is 250 Å². The van der Waals surface area contributed by atoms with Crippen LogP contribution in [-0.2, 0) is 27.1 Å². The predicted octanol–water partition coefficient (Wildman–Crippen LogP) is 23.2. The number of hydrogen-bond donors (Lipinski definition) is 0. The first-order chi connectivity index (χ1) is 40.6. The van der Waals surface area contributed by atoms with Crippen LogP contribution >= 0.6 is 0 Å². The van der Waals surface area contributed by atoms with E-state index in [-0.39, 0.29) is 27.1 Å². The minimum absolute atomic E-state index is 0.0310. The topological polar surface area (TPSA) is 0 Å². The van der Waals surface area contributed by atoms with E-state index in [9.17, 15) is 0 Å². The molecule has 0 saturated carbocycles. The second-order valence-electron chi connectivity index (χ2n) is 28.6. The predicted molar refractivity (Wildman–Crippen MR) is 362 cm³/mol. The van der Waals surface area contributed by atoms with Crippen LogP contribution in [0.25, 0.3) is 122 Å². The molecule has 16 rings (SSSR count). The van der Waals surface area contributed by atoms with Crippen LogP contribution in [0.1, 0.15) is 132 Å². The van der Waals surface area contributed by atoms with Gasteiger partial charge < -0.3 is 0 Å². The maximum absolute atomic E-state index is 2.49. The lowest BCUT2D eigenvalue weighted by atomic mass is 9.79. The molecule has 85 heavy (non-hydrogen) atoms. The Hall–Kier alpha value is -8.84. The average molecular weight is 1090 g/mol. The first kappa shape index (κ1) is 51.8. The molecule has 0 unspecified atom stereocenters. The Morgan fingerprint density at radius 2 is 0.506 bits per heavy atom. The highest BCUT2D eigenvalue weighted by Crippen LogP contribution is 2.56. The van der Waals surface area contributed by atoms with Crippen LogP contribution in [0.15, 0.2) is 218 Å². The van der Waals surface area contributed by atoms with Crippen molar-refractivity contribution in [1.29, 1.82) is 0 Å². The van der Waals surface area contributed by atoms with E-state index in [2.05, 4.69) is 301 Å². The molecule has 0 bridgehead atoms. The molecule has 0 aromatic heterocycles. The Morgan fingerprint density at radius 3 is 0.906 bits per heavy atom. The third-order valence-corrected chi connectivity index (χ3v) is 21.1. The summed E-state index contributed by atoms with van der Waals surface area (Å²) < 4.78 is 0. The molecule has 0 amide bonds. The van der Waals surface area contributed by atoms with Gasteiger partial charge in [-0.25, -0.2) is 0 Å². The van der Waals surface area contributed by atoms with E-state index in [1.807, 2.05) is 0 Å². The minimum Gasteiger partial charge on any atom is -0.0619 e. The zero-order valence-corrected chi connectivity index (χ0v) is 51.3. The fraction of sp³-hybridized carbons (Fsp3) is 0.200. The Morgan fingerprint density at radius 1 is 0.224 bits per heavy atom. The summed E-state index contributed by atoms with van der Waals surface area (Å²) in [5.41, 5.74) is 37.1. The van der Waals surface area contributed by atoms with E-state index in [1.54, 1.807) is 0 Å². The standard InChI is InChI=1S/C85H72/c1-49-37-62-39-51(50-17-19-53-40-63(81(2,3)4)29-21-52(53)38-50)18-20-54(62)41-72(49)61-28-36-71-70-35-27-60(47-79(70)85(11,12)80(71)48-61)59-26-34-69-68-33-25-58(45-77(68)84(9,10)78(69)46-59)57-24-32-67-66-31-23-56(43-75(66)83(7,8)76(67)44-57)55-22-30-65-64-15-13-14-16-73(64)82(5,6)74(65)42-55/h13-48H,1-12H3. The van der Waals surface area contributed by atoms with Crippen molar-refractivity contribution in [2.45, 2.75) is 110 Å². The Kier molecular flexibility index (Phi) is 10.7. The molecule has 12 aromatic carbocycles. The lowest BCUT2D eigenvalue weighted by Crippen LogP contribution is -2.16. The van der Waals surface area contributed by atoms with Gasteiger partial charge in [-0.3, -0.25) is 0 Å². The maximum atomic E-state index is 2.49. The summed E-state index contributed by atoms with van der Waals surface area (Å²) in [6, 6.07) is 85.0. The molecule has 0 heterocycles. The second kappa shape index (κ2) is 17.6. The molecule has 0 N–H and O–H groups in total. The minimum atomic E-state index is -0.172. The first-order valence-electron chi connectivity index (χ1n) is 30.9. The van der Waals surface area contributed by atoms with Gasteiger partial charge in [0.05, 0.1) is 0 Å². The number of rotatable bonds is 5. The van der Waals surface area contributed by atoms with E-state index in [1.165, 1.54) is 177 Å². The van der Waals surface area contributed by atoms with Crippen LogP contribution in [-0.4, -0.2) is 0 Å². The first-order valence-corrected chi connectivity index (χ1v) is 30.9. The highest BCUT2D eigenvalue weighted by atomic mass is 14.4. The van der Waals surface area contributed by atoms with Crippen molar-refractivity contribution in [2.75, 3.05) is 0 Å². The van der Waals surface area contributed by atoms with Gasteiger partial charge in [0.1, 0.15) is 0 Å². The zero-order valence-electron chi connectivity index (χ0n) is 51.3. The summed E-state index contributed by atoms with van der Waals surface area (Å²) in [5, 5.41) is 5.11. The lowest BCUT2D eigenvalue weighted by Gasteiger charge is -2.24. The summed E-state index contributed by atoms with van der Waals surface area (Å²) in [6.07, 6.45) is 0. The molecule has 0 aliphatic heterocycles. The summed E-state index contributed by atoms with van der Waals surface area (Å²) >= 11 is 0. The van der Waals surface area contributed by atoms with E-state index in [0.717, 1.165) is 0 Å². The quantitative estimate of drug-likeness (QED) is 0.161. The lowest BCUT2D eigenvalue weighted by molar-refractivity contribution is 0.591. The van der Waals surface area contributed by atoms with Gasteiger partial charge in [0.15, 0.2) is 0 Å². The second-order valence-corrected chi connectivity index (χ2v) is 28.6. The molecule has 0 heteroatoms. The van der Waals surface area contributed by atoms with Crippen molar-refractivity contribution in [3.05, 3.63) is 274 Å². The molecule has 0 radical (unpaired) electrons. The molecule has 4 aliphatic carbocycles. The third kappa shape index (κ3) is 7.59. The van der Waals surface area contributed by atoms with Gasteiger partial charge in [0, 0.05) is 21.7 Å². The highest BCUT2D eigenvalue weighted by molar-refractivity contribution is 5.96. The Balaban J connectivity index is 0.655. The molecule has 0 fully saturated rings. The number of fused-ring (bicyclic) bond motifs is 14. The van der Waals surface area contributed by atoms with E-state index >= 15 is 0 Å². The van der Waals surface area contributed by atoms with Gasteiger partial charge in [-0.1, -0.05) is 234 Å². The monoisotopic (exact) mass is 1090 g/mol. The van der Waals surface area contributed by atoms with Crippen LogP contribution in [0.3, 0.4) is 0 Å².